The van der Waals surface area contributed by atoms with Gasteiger partial charge in [-0.1, -0.05) is 44.7 Å². The Labute approximate surface area is 120 Å². The van der Waals surface area contributed by atoms with Crippen molar-refractivity contribution in [1.82, 2.24) is 5.32 Å². The lowest BCUT2D eigenvalue weighted by molar-refractivity contribution is -0.126. The summed E-state index contributed by atoms with van der Waals surface area (Å²) in [5.41, 5.74) is 0.330. The Morgan fingerprint density at radius 3 is 2.70 bits per heavy atom. The van der Waals surface area contributed by atoms with Crippen molar-refractivity contribution in [2.45, 2.75) is 57.3 Å². The van der Waals surface area contributed by atoms with Crippen molar-refractivity contribution in [2.75, 3.05) is 6.54 Å². The van der Waals surface area contributed by atoms with Gasteiger partial charge in [0.05, 0.1) is 5.41 Å². The molecule has 110 valence electrons. The summed E-state index contributed by atoms with van der Waals surface area (Å²) in [5, 5.41) is 3.06. The average Bonchev–Trinajstić information content (AvgIpc) is 2.94. The molecule has 0 heterocycles. The number of benzene rings is 1. The minimum Gasteiger partial charge on any atom is -0.355 e. The maximum absolute atomic E-state index is 13.5. The van der Waals surface area contributed by atoms with E-state index in [4.69, 9.17) is 0 Å². The Morgan fingerprint density at radius 1 is 1.30 bits per heavy atom. The Hall–Kier alpha value is -1.38. The zero-order chi connectivity index (χ0) is 14.4. The second-order valence-electron chi connectivity index (χ2n) is 5.76. The number of hydrogen-bond donors (Lipinski definition) is 1. The molecule has 1 aromatic carbocycles. The van der Waals surface area contributed by atoms with E-state index >= 15 is 0 Å². The molecule has 0 bridgehead atoms. The molecular formula is C17H24FNO. The smallest absolute Gasteiger partial charge is 0.230 e. The number of hydrogen-bond acceptors (Lipinski definition) is 1. The number of rotatable bonds is 6. The third-order valence-corrected chi connectivity index (χ3v) is 4.33. The topological polar surface area (TPSA) is 29.1 Å². The molecule has 0 spiro atoms. The summed E-state index contributed by atoms with van der Waals surface area (Å²) in [6, 6.07) is 6.55. The summed E-state index contributed by atoms with van der Waals surface area (Å²) in [6.07, 6.45) is 7.03. The Bertz CT molecular complexity index is 452. The van der Waals surface area contributed by atoms with Crippen LogP contribution < -0.4 is 5.32 Å². The van der Waals surface area contributed by atoms with E-state index in [1.54, 1.807) is 6.07 Å². The summed E-state index contributed by atoms with van der Waals surface area (Å²) in [5.74, 6) is -0.177. The number of halogens is 1. The van der Waals surface area contributed by atoms with Gasteiger partial charge in [0.2, 0.25) is 5.91 Å². The fraction of sp³-hybridized carbons (Fsp3) is 0.588. The van der Waals surface area contributed by atoms with Gasteiger partial charge < -0.3 is 5.32 Å². The van der Waals surface area contributed by atoms with Crippen LogP contribution in [0, 0.1) is 5.82 Å². The van der Waals surface area contributed by atoms with Gasteiger partial charge in [-0.15, -0.1) is 0 Å². The van der Waals surface area contributed by atoms with Gasteiger partial charge in [0.15, 0.2) is 0 Å². The van der Waals surface area contributed by atoms with Gasteiger partial charge >= 0.3 is 0 Å². The SMILES string of the molecule is CCCCCNC(=O)C1(c2cccc(F)c2)CCCC1. The van der Waals surface area contributed by atoms with Crippen LogP contribution in [0.25, 0.3) is 0 Å². The van der Waals surface area contributed by atoms with Gasteiger partial charge in [-0.3, -0.25) is 4.79 Å². The highest BCUT2D eigenvalue weighted by Crippen LogP contribution is 2.41. The van der Waals surface area contributed by atoms with Crippen LogP contribution in [0.2, 0.25) is 0 Å². The molecule has 1 aromatic rings. The molecule has 0 atom stereocenters. The van der Waals surface area contributed by atoms with Crippen LogP contribution in [0.5, 0.6) is 0 Å². The Morgan fingerprint density at radius 2 is 2.05 bits per heavy atom. The fourth-order valence-corrected chi connectivity index (χ4v) is 3.16. The first kappa shape index (κ1) is 15.0. The van der Waals surface area contributed by atoms with Crippen molar-refractivity contribution < 1.29 is 9.18 Å². The third kappa shape index (κ3) is 3.20. The second-order valence-corrected chi connectivity index (χ2v) is 5.76. The number of nitrogens with one attached hydrogen (secondary N) is 1. The molecular weight excluding hydrogens is 253 g/mol. The van der Waals surface area contributed by atoms with Gasteiger partial charge in [-0.2, -0.15) is 0 Å². The predicted molar refractivity (Wildman–Crippen MR) is 79.1 cm³/mol. The number of amides is 1. The summed E-state index contributed by atoms with van der Waals surface area (Å²) in [4.78, 5) is 12.6. The van der Waals surface area contributed by atoms with E-state index in [0.29, 0.717) is 0 Å². The van der Waals surface area contributed by atoms with Crippen LogP contribution in [0.15, 0.2) is 24.3 Å². The average molecular weight is 277 g/mol. The highest BCUT2D eigenvalue weighted by molar-refractivity contribution is 5.88. The van der Waals surface area contributed by atoms with Gasteiger partial charge in [-0.25, -0.2) is 4.39 Å². The molecule has 1 N–H and O–H groups in total. The van der Waals surface area contributed by atoms with Gasteiger partial charge in [0.25, 0.3) is 0 Å². The van der Waals surface area contributed by atoms with Crippen LogP contribution in [-0.2, 0) is 10.2 Å². The maximum Gasteiger partial charge on any atom is 0.230 e. The molecule has 1 fully saturated rings. The first-order chi connectivity index (χ1) is 9.69. The van der Waals surface area contributed by atoms with Crippen molar-refractivity contribution >= 4 is 5.91 Å². The van der Waals surface area contributed by atoms with Crippen LogP contribution in [-0.4, -0.2) is 12.5 Å². The number of carbonyl (C=O) groups excluding carboxylic acids is 1. The third-order valence-electron chi connectivity index (χ3n) is 4.33. The highest BCUT2D eigenvalue weighted by atomic mass is 19.1. The largest absolute Gasteiger partial charge is 0.355 e. The minimum absolute atomic E-state index is 0.0803. The first-order valence-corrected chi connectivity index (χ1v) is 7.73. The molecule has 0 unspecified atom stereocenters. The maximum atomic E-state index is 13.5. The van der Waals surface area contributed by atoms with E-state index in [-0.39, 0.29) is 11.7 Å². The van der Waals surface area contributed by atoms with Gasteiger partial charge in [0, 0.05) is 6.54 Å². The molecule has 20 heavy (non-hydrogen) atoms. The van der Waals surface area contributed by atoms with E-state index in [0.717, 1.165) is 57.1 Å². The standard InChI is InChI=1S/C17H24FNO/c1-2-3-6-12-19-16(20)17(10-4-5-11-17)14-8-7-9-15(18)13-14/h7-9,13H,2-6,10-12H2,1H3,(H,19,20). The Kier molecular flexibility index (Phi) is 5.16. The molecule has 1 saturated carbocycles. The summed E-state index contributed by atoms with van der Waals surface area (Å²) in [6.45, 7) is 2.87. The molecule has 0 aromatic heterocycles. The van der Waals surface area contributed by atoms with Crippen molar-refractivity contribution in [3.63, 3.8) is 0 Å². The van der Waals surface area contributed by atoms with Gasteiger partial charge in [0.1, 0.15) is 5.82 Å². The van der Waals surface area contributed by atoms with E-state index in [1.807, 2.05) is 6.07 Å². The van der Waals surface area contributed by atoms with Crippen molar-refractivity contribution in [3.8, 4) is 0 Å². The quantitative estimate of drug-likeness (QED) is 0.784. The summed E-state index contributed by atoms with van der Waals surface area (Å²) in [7, 11) is 0. The van der Waals surface area contributed by atoms with Crippen LogP contribution >= 0.6 is 0 Å². The number of carbonyl (C=O) groups is 1. The van der Waals surface area contributed by atoms with E-state index in [1.165, 1.54) is 12.1 Å². The Balaban J connectivity index is 2.11. The molecule has 1 amide bonds. The van der Waals surface area contributed by atoms with Crippen LogP contribution in [0.1, 0.15) is 57.4 Å². The summed E-state index contributed by atoms with van der Waals surface area (Å²) >= 11 is 0. The monoisotopic (exact) mass is 277 g/mol. The zero-order valence-corrected chi connectivity index (χ0v) is 12.3. The molecule has 0 radical (unpaired) electrons. The second kappa shape index (κ2) is 6.87. The normalized spacial score (nSPS) is 17.1. The molecule has 2 rings (SSSR count). The highest BCUT2D eigenvalue weighted by Gasteiger charge is 2.42. The van der Waals surface area contributed by atoms with E-state index in [9.17, 15) is 9.18 Å². The predicted octanol–water partition coefficient (Wildman–Crippen LogP) is 3.94. The van der Waals surface area contributed by atoms with Crippen molar-refractivity contribution in [2.24, 2.45) is 0 Å². The molecule has 1 aliphatic carbocycles. The number of unbranched alkanes of at least 4 members (excludes halogenated alkanes) is 2. The molecule has 0 saturated heterocycles. The van der Waals surface area contributed by atoms with Crippen molar-refractivity contribution in [3.05, 3.63) is 35.6 Å². The lowest BCUT2D eigenvalue weighted by atomic mass is 9.78. The molecule has 1 aliphatic rings. The van der Waals surface area contributed by atoms with Gasteiger partial charge in [-0.05, 0) is 37.0 Å². The lowest BCUT2D eigenvalue weighted by Crippen LogP contribution is -2.43. The summed E-state index contributed by atoms with van der Waals surface area (Å²) < 4.78 is 13.5. The zero-order valence-electron chi connectivity index (χ0n) is 12.3. The van der Waals surface area contributed by atoms with Crippen LogP contribution in [0.3, 0.4) is 0 Å². The minimum atomic E-state index is -0.506. The van der Waals surface area contributed by atoms with E-state index < -0.39 is 5.41 Å². The molecule has 0 aliphatic heterocycles. The first-order valence-electron chi connectivity index (χ1n) is 7.73. The van der Waals surface area contributed by atoms with Crippen LogP contribution in [0.4, 0.5) is 4.39 Å². The fourth-order valence-electron chi connectivity index (χ4n) is 3.16. The van der Waals surface area contributed by atoms with E-state index in [2.05, 4.69) is 12.2 Å². The molecule has 3 heteroatoms. The molecule has 2 nitrogen and oxygen atoms in total. The van der Waals surface area contributed by atoms with Crippen molar-refractivity contribution in [1.29, 1.82) is 0 Å². The lowest BCUT2D eigenvalue weighted by Gasteiger charge is -2.28.